The van der Waals surface area contributed by atoms with Crippen LogP contribution >= 0.6 is 0 Å². The smallest absolute Gasteiger partial charge is 0.202 e. The number of hydrogen-bond donors (Lipinski definition) is 1. The molecule has 5 nitrogen and oxygen atoms in total. The van der Waals surface area contributed by atoms with Crippen molar-refractivity contribution in [1.29, 1.82) is 0 Å². The van der Waals surface area contributed by atoms with E-state index in [9.17, 15) is 0 Å². The predicted octanol–water partition coefficient (Wildman–Crippen LogP) is 2.20. The van der Waals surface area contributed by atoms with Crippen LogP contribution < -0.4 is 5.73 Å². The van der Waals surface area contributed by atoms with Gasteiger partial charge in [-0.1, -0.05) is 12.8 Å². The Labute approximate surface area is 119 Å². The minimum Gasteiger partial charge on any atom is -0.369 e. The standard InChI is InChI=1S/C15H23N5/c1-11-7-8-17-14-13(11)18-15(16)20(14)10-9-19(2)12-5-3-4-6-12/h7-8,12H,3-6,9-10H2,1-2H3,(H2,16,18). The highest BCUT2D eigenvalue weighted by Crippen LogP contribution is 2.23. The van der Waals surface area contributed by atoms with Crippen molar-refractivity contribution >= 4 is 17.1 Å². The highest BCUT2D eigenvalue weighted by Gasteiger charge is 2.20. The van der Waals surface area contributed by atoms with Crippen molar-refractivity contribution in [3.8, 4) is 0 Å². The monoisotopic (exact) mass is 273 g/mol. The highest BCUT2D eigenvalue weighted by molar-refractivity contribution is 5.77. The van der Waals surface area contributed by atoms with Crippen molar-refractivity contribution in [2.45, 2.75) is 45.2 Å². The van der Waals surface area contributed by atoms with Gasteiger partial charge in [-0.3, -0.25) is 4.57 Å². The Kier molecular flexibility index (Phi) is 3.61. The average Bonchev–Trinajstić information content (AvgIpc) is 3.05. The summed E-state index contributed by atoms with van der Waals surface area (Å²) in [5.74, 6) is 0.571. The van der Waals surface area contributed by atoms with Gasteiger partial charge in [0.25, 0.3) is 0 Å². The molecule has 0 spiro atoms. The third-order valence-electron chi connectivity index (χ3n) is 4.49. The Morgan fingerprint density at radius 2 is 2.15 bits per heavy atom. The fraction of sp³-hybridized carbons (Fsp3) is 0.600. The molecule has 1 saturated carbocycles. The molecule has 3 rings (SSSR count). The molecule has 20 heavy (non-hydrogen) atoms. The second-order valence-electron chi connectivity index (χ2n) is 5.84. The average molecular weight is 273 g/mol. The number of rotatable bonds is 4. The molecule has 0 unspecified atom stereocenters. The molecule has 0 bridgehead atoms. The lowest BCUT2D eigenvalue weighted by atomic mass is 10.2. The topological polar surface area (TPSA) is 60.0 Å². The molecule has 0 saturated heterocycles. The van der Waals surface area contributed by atoms with Crippen LogP contribution in [0.5, 0.6) is 0 Å². The van der Waals surface area contributed by atoms with Crippen LogP contribution in [0, 0.1) is 6.92 Å². The van der Waals surface area contributed by atoms with Gasteiger partial charge in [-0.2, -0.15) is 0 Å². The summed E-state index contributed by atoms with van der Waals surface area (Å²) in [5, 5.41) is 0. The minimum absolute atomic E-state index is 0.571. The molecule has 2 heterocycles. The lowest BCUT2D eigenvalue weighted by Crippen LogP contribution is -2.32. The van der Waals surface area contributed by atoms with E-state index in [2.05, 4.69) is 21.9 Å². The number of nitrogens with zero attached hydrogens (tertiary/aromatic N) is 4. The van der Waals surface area contributed by atoms with E-state index in [4.69, 9.17) is 5.73 Å². The van der Waals surface area contributed by atoms with Crippen molar-refractivity contribution in [3.63, 3.8) is 0 Å². The Bertz CT molecular complexity index is 598. The van der Waals surface area contributed by atoms with E-state index in [-0.39, 0.29) is 0 Å². The summed E-state index contributed by atoms with van der Waals surface area (Å²) in [5.41, 5.74) is 9.01. The number of pyridine rings is 1. The molecule has 2 N–H and O–H groups in total. The molecule has 2 aromatic rings. The van der Waals surface area contributed by atoms with Crippen molar-refractivity contribution in [2.24, 2.45) is 0 Å². The van der Waals surface area contributed by atoms with E-state index in [1.54, 1.807) is 0 Å². The van der Waals surface area contributed by atoms with E-state index < -0.39 is 0 Å². The summed E-state index contributed by atoms with van der Waals surface area (Å²) in [4.78, 5) is 11.3. The number of aryl methyl sites for hydroxylation is 1. The van der Waals surface area contributed by atoms with Crippen LogP contribution in [0.3, 0.4) is 0 Å². The molecule has 0 aliphatic heterocycles. The van der Waals surface area contributed by atoms with E-state index in [1.165, 1.54) is 25.7 Å². The van der Waals surface area contributed by atoms with Crippen LogP contribution in [0.4, 0.5) is 5.95 Å². The summed E-state index contributed by atoms with van der Waals surface area (Å²) in [6, 6.07) is 2.71. The Morgan fingerprint density at radius 3 is 2.90 bits per heavy atom. The quantitative estimate of drug-likeness (QED) is 0.927. The van der Waals surface area contributed by atoms with Crippen LogP contribution in [0.15, 0.2) is 12.3 Å². The summed E-state index contributed by atoms with van der Waals surface area (Å²) < 4.78 is 2.04. The number of anilines is 1. The second-order valence-corrected chi connectivity index (χ2v) is 5.84. The zero-order chi connectivity index (χ0) is 14.1. The maximum absolute atomic E-state index is 6.06. The van der Waals surface area contributed by atoms with E-state index >= 15 is 0 Å². The molecule has 2 aromatic heterocycles. The van der Waals surface area contributed by atoms with Gasteiger partial charge in [-0.15, -0.1) is 0 Å². The van der Waals surface area contributed by atoms with Crippen LogP contribution in [-0.2, 0) is 6.54 Å². The summed E-state index contributed by atoms with van der Waals surface area (Å²) in [6.07, 6.45) is 7.22. The number of nitrogens with two attached hydrogens (primary N) is 1. The lowest BCUT2D eigenvalue weighted by molar-refractivity contribution is 0.237. The fourth-order valence-corrected chi connectivity index (χ4v) is 3.16. The van der Waals surface area contributed by atoms with Crippen molar-refractivity contribution < 1.29 is 0 Å². The van der Waals surface area contributed by atoms with Gasteiger partial charge in [0.2, 0.25) is 5.95 Å². The maximum Gasteiger partial charge on any atom is 0.202 e. The van der Waals surface area contributed by atoms with Gasteiger partial charge in [0.1, 0.15) is 5.52 Å². The molecule has 0 amide bonds. The van der Waals surface area contributed by atoms with Crippen LogP contribution in [0.2, 0.25) is 0 Å². The third-order valence-corrected chi connectivity index (χ3v) is 4.49. The first-order valence-corrected chi connectivity index (χ1v) is 7.44. The first-order valence-electron chi connectivity index (χ1n) is 7.44. The second kappa shape index (κ2) is 5.40. The number of fused-ring (bicyclic) bond motifs is 1. The van der Waals surface area contributed by atoms with Crippen LogP contribution in [0.1, 0.15) is 31.2 Å². The molecule has 1 fully saturated rings. The molecule has 0 aromatic carbocycles. The molecular weight excluding hydrogens is 250 g/mol. The Balaban J connectivity index is 1.77. The molecule has 0 atom stereocenters. The highest BCUT2D eigenvalue weighted by atomic mass is 15.2. The van der Waals surface area contributed by atoms with Crippen molar-refractivity contribution in [3.05, 3.63) is 17.8 Å². The molecule has 5 heteroatoms. The predicted molar refractivity (Wildman–Crippen MR) is 81.6 cm³/mol. The van der Waals surface area contributed by atoms with Crippen molar-refractivity contribution in [1.82, 2.24) is 19.4 Å². The molecule has 108 valence electrons. The normalized spacial score (nSPS) is 16.6. The fourth-order valence-electron chi connectivity index (χ4n) is 3.16. The lowest BCUT2D eigenvalue weighted by Gasteiger charge is -2.24. The van der Waals surface area contributed by atoms with Crippen molar-refractivity contribution in [2.75, 3.05) is 19.3 Å². The largest absolute Gasteiger partial charge is 0.369 e. The van der Waals surface area contributed by atoms with E-state index in [1.807, 2.05) is 23.8 Å². The first kappa shape index (κ1) is 13.4. The first-order chi connectivity index (χ1) is 9.66. The van der Waals surface area contributed by atoms with Gasteiger partial charge in [0.15, 0.2) is 5.65 Å². The molecule has 1 aliphatic rings. The van der Waals surface area contributed by atoms with Gasteiger partial charge in [0, 0.05) is 25.3 Å². The summed E-state index contributed by atoms with van der Waals surface area (Å²) in [6.45, 7) is 3.90. The number of aromatic nitrogens is 3. The SMILES string of the molecule is Cc1ccnc2c1nc(N)n2CCN(C)C1CCCC1. The summed E-state index contributed by atoms with van der Waals surface area (Å²) >= 11 is 0. The minimum atomic E-state index is 0.571. The third kappa shape index (κ3) is 2.38. The number of likely N-dealkylation sites (N-methyl/N-ethyl adjacent to an activating group) is 1. The number of nitrogen functional groups attached to an aromatic ring is 1. The summed E-state index contributed by atoms with van der Waals surface area (Å²) in [7, 11) is 2.21. The van der Waals surface area contributed by atoms with Gasteiger partial charge in [-0.25, -0.2) is 9.97 Å². The van der Waals surface area contributed by atoms with E-state index in [0.29, 0.717) is 5.95 Å². The zero-order valence-corrected chi connectivity index (χ0v) is 12.3. The number of imidazole rings is 1. The van der Waals surface area contributed by atoms with Crippen LogP contribution in [0.25, 0.3) is 11.2 Å². The van der Waals surface area contributed by atoms with Gasteiger partial charge in [-0.05, 0) is 38.4 Å². The Morgan fingerprint density at radius 1 is 1.40 bits per heavy atom. The zero-order valence-electron chi connectivity index (χ0n) is 12.3. The molecule has 0 radical (unpaired) electrons. The molecular formula is C15H23N5. The number of hydrogen-bond acceptors (Lipinski definition) is 4. The van der Waals surface area contributed by atoms with Crippen LogP contribution in [-0.4, -0.2) is 39.1 Å². The van der Waals surface area contributed by atoms with Gasteiger partial charge >= 0.3 is 0 Å². The van der Waals surface area contributed by atoms with Gasteiger partial charge < -0.3 is 10.6 Å². The molecule has 1 aliphatic carbocycles. The Hall–Kier alpha value is -1.62. The van der Waals surface area contributed by atoms with Gasteiger partial charge in [0.05, 0.1) is 0 Å². The maximum atomic E-state index is 6.06. The van der Waals surface area contributed by atoms with E-state index in [0.717, 1.165) is 35.9 Å².